The Morgan fingerprint density at radius 2 is 2.33 bits per heavy atom. The summed E-state index contributed by atoms with van der Waals surface area (Å²) in [6.45, 7) is 5.23. The molecule has 0 saturated carbocycles. The highest BCUT2D eigenvalue weighted by atomic mass is 14.9. The summed E-state index contributed by atoms with van der Waals surface area (Å²) in [6.07, 6.45) is 4.49. The number of nitrogens with zero attached hydrogens (tertiary/aromatic N) is 2. The summed E-state index contributed by atoms with van der Waals surface area (Å²) in [5.74, 6) is 1.02. The molecule has 0 aromatic carbocycles. The molecule has 0 aliphatic carbocycles. The lowest BCUT2D eigenvalue weighted by atomic mass is 10.3. The predicted molar refractivity (Wildman–Crippen MR) is 60.7 cm³/mol. The van der Waals surface area contributed by atoms with Gasteiger partial charge in [-0.15, -0.1) is 0 Å². The Hall–Kier alpha value is -1.42. The van der Waals surface area contributed by atoms with Crippen LogP contribution < -0.4 is 5.32 Å². The van der Waals surface area contributed by atoms with E-state index in [0.29, 0.717) is 6.04 Å². The van der Waals surface area contributed by atoms with Crippen LogP contribution in [-0.2, 0) is 6.42 Å². The molecule has 2 aromatic heterocycles. The minimum Gasteiger partial charge on any atom is -0.341 e. The summed E-state index contributed by atoms with van der Waals surface area (Å²) in [7, 11) is 0. The lowest BCUT2D eigenvalue weighted by Crippen LogP contribution is -2.25. The highest BCUT2D eigenvalue weighted by Gasteiger charge is 2.01. The number of nitrogens with one attached hydrogen (secondary N) is 2. The molecule has 2 heterocycles. The summed E-state index contributed by atoms with van der Waals surface area (Å²) in [5, 5.41) is 3.36. The largest absolute Gasteiger partial charge is 0.341 e. The van der Waals surface area contributed by atoms with Gasteiger partial charge in [0.2, 0.25) is 0 Å². The molecule has 0 aliphatic heterocycles. The maximum atomic E-state index is 4.47. The van der Waals surface area contributed by atoms with Crippen LogP contribution in [0.3, 0.4) is 0 Å². The Kier molecular flexibility index (Phi) is 2.97. The molecule has 0 atom stereocenters. The molecule has 2 N–H and O–H groups in total. The zero-order valence-corrected chi connectivity index (χ0v) is 9.12. The molecule has 0 unspecified atom stereocenters. The van der Waals surface area contributed by atoms with E-state index >= 15 is 0 Å². The van der Waals surface area contributed by atoms with Crippen LogP contribution in [0.15, 0.2) is 18.5 Å². The SMILES string of the molecule is CC(C)NCCc1nc2ccncc2[nH]1. The van der Waals surface area contributed by atoms with Crippen molar-refractivity contribution >= 4 is 11.0 Å². The van der Waals surface area contributed by atoms with Crippen LogP contribution in [0.5, 0.6) is 0 Å². The van der Waals surface area contributed by atoms with Gasteiger partial charge in [-0.1, -0.05) is 13.8 Å². The molecular weight excluding hydrogens is 188 g/mol. The topological polar surface area (TPSA) is 53.6 Å². The van der Waals surface area contributed by atoms with E-state index < -0.39 is 0 Å². The molecule has 0 bridgehead atoms. The lowest BCUT2D eigenvalue weighted by Gasteiger charge is -2.05. The fourth-order valence-electron chi connectivity index (χ4n) is 1.51. The smallest absolute Gasteiger partial charge is 0.108 e. The molecule has 0 saturated heterocycles. The number of hydrogen-bond acceptors (Lipinski definition) is 3. The summed E-state index contributed by atoms with van der Waals surface area (Å²) in [5.41, 5.74) is 2.00. The first-order valence-electron chi connectivity index (χ1n) is 5.27. The maximum absolute atomic E-state index is 4.47. The Labute approximate surface area is 89.1 Å². The van der Waals surface area contributed by atoms with E-state index in [1.165, 1.54) is 0 Å². The number of hydrogen-bond donors (Lipinski definition) is 2. The zero-order valence-electron chi connectivity index (χ0n) is 9.12. The molecule has 80 valence electrons. The fourth-order valence-corrected chi connectivity index (χ4v) is 1.51. The van der Waals surface area contributed by atoms with Crippen LogP contribution in [-0.4, -0.2) is 27.5 Å². The number of pyridine rings is 1. The van der Waals surface area contributed by atoms with Gasteiger partial charge in [0.25, 0.3) is 0 Å². The molecule has 0 amide bonds. The van der Waals surface area contributed by atoms with Gasteiger partial charge in [-0.2, -0.15) is 0 Å². The molecule has 0 fully saturated rings. The van der Waals surface area contributed by atoms with Crippen molar-refractivity contribution in [3.8, 4) is 0 Å². The number of aromatic nitrogens is 3. The van der Waals surface area contributed by atoms with Crippen molar-refractivity contribution in [2.75, 3.05) is 6.54 Å². The van der Waals surface area contributed by atoms with Crippen LogP contribution in [0.2, 0.25) is 0 Å². The summed E-state index contributed by atoms with van der Waals surface area (Å²) >= 11 is 0. The van der Waals surface area contributed by atoms with Gasteiger partial charge in [0.05, 0.1) is 17.2 Å². The highest BCUT2D eigenvalue weighted by molar-refractivity contribution is 5.73. The molecule has 0 radical (unpaired) electrons. The Balaban J connectivity index is 2.03. The standard InChI is InChI=1S/C11H16N4/c1-8(2)13-6-4-11-14-9-3-5-12-7-10(9)15-11/h3,5,7-8,13H,4,6H2,1-2H3,(H,14,15). The number of aromatic amines is 1. The van der Waals surface area contributed by atoms with Gasteiger partial charge in [0.15, 0.2) is 0 Å². The average Bonchev–Trinajstić information content (AvgIpc) is 2.59. The van der Waals surface area contributed by atoms with Crippen LogP contribution in [0.25, 0.3) is 11.0 Å². The van der Waals surface area contributed by atoms with Gasteiger partial charge in [-0.25, -0.2) is 4.98 Å². The molecule has 4 nitrogen and oxygen atoms in total. The fraction of sp³-hybridized carbons (Fsp3) is 0.455. The third-order valence-corrected chi connectivity index (χ3v) is 2.25. The van der Waals surface area contributed by atoms with Crippen LogP contribution in [0, 0.1) is 0 Å². The summed E-state index contributed by atoms with van der Waals surface area (Å²) in [6, 6.07) is 2.45. The first-order chi connectivity index (χ1) is 7.25. The predicted octanol–water partition coefficient (Wildman–Crippen LogP) is 1.50. The maximum Gasteiger partial charge on any atom is 0.108 e. The molecule has 15 heavy (non-hydrogen) atoms. The summed E-state index contributed by atoms with van der Waals surface area (Å²) in [4.78, 5) is 11.8. The first kappa shape index (κ1) is 10.1. The number of H-pyrrole nitrogens is 1. The van der Waals surface area contributed by atoms with Crippen molar-refractivity contribution in [1.29, 1.82) is 0 Å². The Bertz CT molecular complexity index is 400. The van der Waals surface area contributed by atoms with E-state index in [1.807, 2.05) is 12.3 Å². The average molecular weight is 204 g/mol. The number of fused-ring (bicyclic) bond motifs is 1. The quantitative estimate of drug-likeness (QED) is 0.793. The molecule has 4 heteroatoms. The van der Waals surface area contributed by atoms with Crippen molar-refractivity contribution in [3.63, 3.8) is 0 Å². The second-order valence-electron chi connectivity index (χ2n) is 3.94. The van der Waals surface area contributed by atoms with Crippen molar-refractivity contribution in [2.24, 2.45) is 0 Å². The second kappa shape index (κ2) is 4.40. The van der Waals surface area contributed by atoms with E-state index in [4.69, 9.17) is 0 Å². The van der Waals surface area contributed by atoms with Gasteiger partial charge < -0.3 is 10.3 Å². The van der Waals surface area contributed by atoms with E-state index in [1.54, 1.807) is 6.20 Å². The second-order valence-corrected chi connectivity index (χ2v) is 3.94. The van der Waals surface area contributed by atoms with Crippen LogP contribution in [0.4, 0.5) is 0 Å². The molecular formula is C11H16N4. The minimum absolute atomic E-state index is 0.524. The number of imidazole rings is 1. The first-order valence-corrected chi connectivity index (χ1v) is 5.27. The van der Waals surface area contributed by atoms with E-state index in [-0.39, 0.29) is 0 Å². The molecule has 0 aliphatic rings. The van der Waals surface area contributed by atoms with Crippen LogP contribution in [0.1, 0.15) is 19.7 Å². The van der Waals surface area contributed by atoms with Crippen molar-refractivity contribution < 1.29 is 0 Å². The monoisotopic (exact) mass is 204 g/mol. The van der Waals surface area contributed by atoms with E-state index in [0.717, 1.165) is 29.8 Å². The van der Waals surface area contributed by atoms with Gasteiger partial charge in [0.1, 0.15) is 5.82 Å². The lowest BCUT2D eigenvalue weighted by molar-refractivity contribution is 0.585. The van der Waals surface area contributed by atoms with Crippen molar-refractivity contribution in [3.05, 3.63) is 24.3 Å². The summed E-state index contributed by atoms with van der Waals surface area (Å²) < 4.78 is 0. The molecule has 2 rings (SSSR count). The number of rotatable bonds is 4. The van der Waals surface area contributed by atoms with Crippen molar-refractivity contribution in [1.82, 2.24) is 20.3 Å². The zero-order chi connectivity index (χ0) is 10.7. The Morgan fingerprint density at radius 1 is 1.47 bits per heavy atom. The van der Waals surface area contributed by atoms with E-state index in [2.05, 4.69) is 34.1 Å². The van der Waals surface area contributed by atoms with Gasteiger partial charge in [0, 0.05) is 25.2 Å². The van der Waals surface area contributed by atoms with Gasteiger partial charge in [-0.05, 0) is 6.07 Å². The highest BCUT2D eigenvalue weighted by Crippen LogP contribution is 2.08. The normalized spacial score (nSPS) is 11.4. The Morgan fingerprint density at radius 3 is 3.07 bits per heavy atom. The minimum atomic E-state index is 0.524. The third-order valence-electron chi connectivity index (χ3n) is 2.25. The van der Waals surface area contributed by atoms with E-state index in [9.17, 15) is 0 Å². The van der Waals surface area contributed by atoms with Gasteiger partial charge >= 0.3 is 0 Å². The molecule has 2 aromatic rings. The van der Waals surface area contributed by atoms with Crippen LogP contribution >= 0.6 is 0 Å². The third kappa shape index (κ3) is 2.53. The van der Waals surface area contributed by atoms with Gasteiger partial charge in [-0.3, -0.25) is 4.98 Å². The molecule has 0 spiro atoms. The van der Waals surface area contributed by atoms with Crippen molar-refractivity contribution in [2.45, 2.75) is 26.3 Å².